The Hall–Kier alpha value is -1.94. The van der Waals surface area contributed by atoms with E-state index >= 15 is 0 Å². The number of carbonyl (C=O) groups excluding carboxylic acids is 3. The maximum atomic E-state index is 13.9. The highest BCUT2D eigenvalue weighted by atomic mass is 31.2. The second-order valence-electron chi connectivity index (χ2n) is 18.3. The minimum Gasteiger partial charge on any atom is -0.460 e. The molecule has 0 saturated carbocycles. The first-order chi connectivity index (χ1) is 29.9. The molecule has 0 rings (SSSR count). The summed E-state index contributed by atoms with van der Waals surface area (Å²) in [6.07, 6.45) is 34.9. The first-order valence-corrected chi connectivity index (χ1v) is 27.0. The van der Waals surface area contributed by atoms with Crippen molar-refractivity contribution in [2.75, 3.05) is 26.4 Å². The van der Waals surface area contributed by atoms with Gasteiger partial charge in [0.05, 0.1) is 25.9 Å². The molecule has 0 aliphatic rings. The number of nitrogens with one attached hydrogen (secondary N) is 2. The Balaban J connectivity index is 5.78. The summed E-state index contributed by atoms with van der Waals surface area (Å²) in [5.74, 6) is -0.458. The van der Waals surface area contributed by atoms with E-state index in [0.29, 0.717) is 19.3 Å². The third kappa shape index (κ3) is 39.6. The average molecular weight is 901 g/mol. The van der Waals surface area contributed by atoms with E-state index in [-0.39, 0.29) is 38.2 Å². The molecule has 0 aliphatic heterocycles. The van der Waals surface area contributed by atoms with Gasteiger partial charge in [-0.25, -0.2) is 9.36 Å². The van der Waals surface area contributed by atoms with Gasteiger partial charge in [0.2, 0.25) is 5.91 Å². The number of amides is 2. The predicted octanol–water partition coefficient (Wildman–Crippen LogP) is 14.8. The highest BCUT2D eigenvalue weighted by Gasteiger charge is 2.33. The van der Waals surface area contributed by atoms with E-state index < -0.39 is 31.7 Å². The molecule has 0 aromatic rings. The van der Waals surface area contributed by atoms with Crippen LogP contribution in [0.5, 0.6) is 0 Å². The van der Waals surface area contributed by atoms with Gasteiger partial charge in [-0.15, -0.1) is 6.58 Å². The molecule has 366 valence electrons. The van der Waals surface area contributed by atoms with Gasteiger partial charge in [-0.05, 0) is 46.5 Å². The molecule has 11 nitrogen and oxygen atoms in total. The lowest BCUT2D eigenvalue weighted by atomic mass is 10.0. The van der Waals surface area contributed by atoms with E-state index in [0.717, 1.165) is 57.8 Å². The van der Waals surface area contributed by atoms with Gasteiger partial charge < -0.3 is 20.1 Å². The van der Waals surface area contributed by atoms with Crippen LogP contribution in [-0.4, -0.2) is 62.1 Å². The molecule has 0 aromatic carbocycles. The van der Waals surface area contributed by atoms with Crippen LogP contribution in [0.1, 0.15) is 247 Å². The summed E-state index contributed by atoms with van der Waals surface area (Å²) in [5.41, 5.74) is -0.676. The largest absolute Gasteiger partial charge is 0.475 e. The fraction of sp³-hybridized carbons (Fsp3) is 0.900. The highest BCUT2D eigenvalue weighted by Crippen LogP contribution is 2.49. The number of hydrogen-bond acceptors (Lipinski definition) is 9. The van der Waals surface area contributed by atoms with Gasteiger partial charge in [-0.1, -0.05) is 194 Å². The molecule has 0 aromatic heterocycles. The molecule has 0 fully saturated rings. The molecule has 62 heavy (non-hydrogen) atoms. The fourth-order valence-electron chi connectivity index (χ4n) is 7.33. The van der Waals surface area contributed by atoms with E-state index in [4.69, 9.17) is 23.0 Å². The van der Waals surface area contributed by atoms with E-state index in [1.807, 2.05) is 0 Å². The van der Waals surface area contributed by atoms with Crippen LogP contribution in [0.25, 0.3) is 0 Å². The highest BCUT2D eigenvalue weighted by molar-refractivity contribution is 7.48. The van der Waals surface area contributed by atoms with Gasteiger partial charge in [-0.3, -0.25) is 23.2 Å². The number of alkyl carbamates (subject to hydrolysis) is 1. The van der Waals surface area contributed by atoms with Crippen molar-refractivity contribution in [3.8, 4) is 0 Å². The molecule has 3 atom stereocenters. The summed E-state index contributed by atoms with van der Waals surface area (Å²) in [7, 11) is -4.20. The molecular weight excluding hydrogens is 804 g/mol. The summed E-state index contributed by atoms with van der Waals surface area (Å²) >= 11 is 0. The standard InChI is InChI=1S/C50H97N2O9P/c1-8-12-15-18-21-24-25-28-30-33-36-39-47(53)52-45(44-59-62(56,57-42-11-4)58-43-41-51-49(55)61-50(5,6)7)46(38-35-32-29-26-22-19-16-13-9-2)60-48(54)40-37-34-31-27-23-20-17-14-10-3/h11,45-46H,4,8-10,12-44H2,1-3,5-7H3,(H,51,55)(H,52,53). The number of hydrogen-bond donors (Lipinski definition) is 2. The third-order valence-electron chi connectivity index (χ3n) is 10.9. The molecule has 2 N–H and O–H groups in total. The normalized spacial score (nSPS) is 13.6. The van der Waals surface area contributed by atoms with Crippen molar-refractivity contribution in [3.05, 3.63) is 12.7 Å². The van der Waals surface area contributed by atoms with Gasteiger partial charge in [0.1, 0.15) is 11.7 Å². The second-order valence-corrected chi connectivity index (χ2v) is 19.9. The van der Waals surface area contributed by atoms with Crippen molar-refractivity contribution in [3.63, 3.8) is 0 Å². The van der Waals surface area contributed by atoms with Crippen LogP contribution >= 0.6 is 7.82 Å². The lowest BCUT2D eigenvalue weighted by Crippen LogP contribution is -2.48. The molecule has 0 spiro atoms. The fourth-order valence-corrected chi connectivity index (χ4v) is 8.50. The minimum absolute atomic E-state index is 0.00344. The molecule has 12 heteroatoms. The second kappa shape index (κ2) is 41.7. The van der Waals surface area contributed by atoms with Crippen LogP contribution in [0.3, 0.4) is 0 Å². The Labute approximate surface area is 381 Å². The Bertz CT molecular complexity index is 1130. The number of carbonyl (C=O) groups is 3. The summed E-state index contributed by atoms with van der Waals surface area (Å²) in [4.78, 5) is 39.1. The molecule has 0 aliphatic carbocycles. The number of rotatable bonds is 45. The molecular formula is C50H97N2O9P. The monoisotopic (exact) mass is 901 g/mol. The predicted molar refractivity (Wildman–Crippen MR) is 256 cm³/mol. The summed E-state index contributed by atoms with van der Waals surface area (Å²) in [6, 6.07) is -0.777. The molecule has 3 unspecified atom stereocenters. The summed E-state index contributed by atoms with van der Waals surface area (Å²) in [5, 5.41) is 5.69. The van der Waals surface area contributed by atoms with Gasteiger partial charge in [0.25, 0.3) is 0 Å². The van der Waals surface area contributed by atoms with Crippen molar-refractivity contribution in [1.82, 2.24) is 10.6 Å². The summed E-state index contributed by atoms with van der Waals surface area (Å²) in [6.45, 7) is 15.1. The van der Waals surface area contributed by atoms with Gasteiger partial charge in [0, 0.05) is 19.4 Å². The van der Waals surface area contributed by atoms with Crippen molar-refractivity contribution in [2.24, 2.45) is 0 Å². The summed E-state index contributed by atoms with van der Waals surface area (Å²) < 4.78 is 42.5. The van der Waals surface area contributed by atoms with Crippen LogP contribution in [0, 0.1) is 0 Å². The molecule has 0 heterocycles. The lowest BCUT2D eigenvalue weighted by Gasteiger charge is -2.29. The number of phosphoric acid groups is 1. The minimum atomic E-state index is -4.20. The van der Waals surface area contributed by atoms with Crippen molar-refractivity contribution in [2.45, 2.75) is 265 Å². The molecule has 0 saturated heterocycles. The number of ether oxygens (including phenoxy) is 2. The SMILES string of the molecule is C=CCOP(=O)(OCCNC(=O)OC(C)(C)C)OCC(NC(=O)CCCCCCCCCCCCC)C(CCCCCCCCCCC)OC(=O)CCCCCCCCCCC. The van der Waals surface area contributed by atoms with E-state index in [9.17, 15) is 18.9 Å². The average Bonchev–Trinajstić information content (AvgIpc) is 3.23. The number of unbranched alkanes of at least 4 members (excludes halogenated alkanes) is 26. The topological polar surface area (TPSA) is 138 Å². The van der Waals surface area contributed by atoms with Gasteiger partial charge in [-0.2, -0.15) is 0 Å². The zero-order valence-electron chi connectivity index (χ0n) is 41.0. The van der Waals surface area contributed by atoms with Crippen molar-refractivity contribution >= 4 is 25.8 Å². The van der Waals surface area contributed by atoms with Crippen molar-refractivity contribution in [1.29, 1.82) is 0 Å². The quantitative estimate of drug-likeness (QED) is 0.0265. The van der Waals surface area contributed by atoms with Crippen molar-refractivity contribution < 1.29 is 42.0 Å². The van der Waals surface area contributed by atoms with Gasteiger partial charge >= 0.3 is 19.9 Å². The van der Waals surface area contributed by atoms with E-state index in [1.54, 1.807) is 20.8 Å². The van der Waals surface area contributed by atoms with Crippen LogP contribution in [0.2, 0.25) is 0 Å². The zero-order chi connectivity index (χ0) is 46.0. The Kier molecular flexibility index (Phi) is 40.4. The van der Waals surface area contributed by atoms with Gasteiger partial charge in [0.15, 0.2) is 0 Å². The smallest absolute Gasteiger partial charge is 0.460 e. The van der Waals surface area contributed by atoms with Crippen LogP contribution in [0.15, 0.2) is 12.7 Å². The molecule has 2 amide bonds. The first kappa shape index (κ1) is 60.1. The lowest BCUT2D eigenvalue weighted by molar-refractivity contribution is -0.152. The number of esters is 1. The van der Waals surface area contributed by atoms with Crippen LogP contribution < -0.4 is 10.6 Å². The van der Waals surface area contributed by atoms with Crippen LogP contribution in [-0.2, 0) is 37.2 Å². The zero-order valence-corrected chi connectivity index (χ0v) is 41.9. The maximum Gasteiger partial charge on any atom is 0.475 e. The Morgan fingerprint density at radius 3 is 1.48 bits per heavy atom. The molecule has 0 radical (unpaired) electrons. The Morgan fingerprint density at radius 2 is 1.03 bits per heavy atom. The van der Waals surface area contributed by atoms with E-state index in [2.05, 4.69) is 38.0 Å². The Morgan fingerprint density at radius 1 is 0.597 bits per heavy atom. The first-order valence-electron chi connectivity index (χ1n) is 25.5. The number of phosphoric ester groups is 1. The van der Waals surface area contributed by atoms with E-state index in [1.165, 1.54) is 134 Å². The van der Waals surface area contributed by atoms with Crippen LogP contribution in [0.4, 0.5) is 4.79 Å². The third-order valence-corrected chi connectivity index (χ3v) is 12.4. The maximum absolute atomic E-state index is 13.9. The molecule has 0 bridgehead atoms.